The highest BCUT2D eigenvalue weighted by Crippen LogP contribution is 2.21. The summed E-state index contributed by atoms with van der Waals surface area (Å²) in [4.78, 5) is 11.8. The second-order valence-corrected chi connectivity index (χ2v) is 4.18. The summed E-state index contributed by atoms with van der Waals surface area (Å²) in [6, 6.07) is 5.03. The Balaban J connectivity index is 2.69. The number of anilines is 1. The van der Waals surface area contributed by atoms with Crippen molar-refractivity contribution in [1.82, 2.24) is 5.32 Å². The summed E-state index contributed by atoms with van der Waals surface area (Å²) in [7, 11) is 1.53. The van der Waals surface area contributed by atoms with Crippen molar-refractivity contribution in [2.75, 3.05) is 19.4 Å². The third-order valence-corrected chi connectivity index (χ3v) is 2.80. The second kappa shape index (κ2) is 6.13. The fourth-order valence-corrected chi connectivity index (χ4v) is 1.37. The van der Waals surface area contributed by atoms with Gasteiger partial charge in [0.15, 0.2) is 0 Å². The lowest BCUT2D eigenvalue weighted by molar-refractivity contribution is 0.0947. The molecule has 0 radical (unpaired) electrons. The molecule has 1 unspecified atom stereocenters. The lowest BCUT2D eigenvalue weighted by Crippen LogP contribution is -2.28. The number of hydrogen-bond acceptors (Lipinski definition) is 3. The number of amides is 1. The molecule has 94 valence electrons. The largest absolute Gasteiger partial charge is 0.495 e. The molecule has 0 bridgehead atoms. The van der Waals surface area contributed by atoms with Crippen LogP contribution in [0.4, 0.5) is 5.69 Å². The van der Waals surface area contributed by atoms with Crippen molar-refractivity contribution < 1.29 is 9.53 Å². The lowest BCUT2D eigenvalue weighted by Gasteiger charge is -2.11. The molecule has 0 fully saturated rings. The molecule has 1 aromatic rings. The summed E-state index contributed by atoms with van der Waals surface area (Å²) < 4.78 is 5.08. The molecule has 0 spiro atoms. The van der Waals surface area contributed by atoms with Gasteiger partial charge in [0.1, 0.15) is 5.75 Å². The Morgan fingerprint density at radius 1 is 1.53 bits per heavy atom. The topological polar surface area (TPSA) is 64.4 Å². The average Bonchev–Trinajstić information content (AvgIpc) is 2.35. The zero-order valence-electron chi connectivity index (χ0n) is 10.6. The Morgan fingerprint density at radius 2 is 2.24 bits per heavy atom. The zero-order chi connectivity index (χ0) is 12.8. The third kappa shape index (κ3) is 3.66. The first-order chi connectivity index (χ1) is 8.08. The number of carbonyl (C=O) groups is 1. The van der Waals surface area contributed by atoms with E-state index in [0.29, 0.717) is 29.5 Å². The molecule has 0 aliphatic rings. The molecule has 0 aliphatic heterocycles. The summed E-state index contributed by atoms with van der Waals surface area (Å²) in [5.41, 5.74) is 6.79. The first kappa shape index (κ1) is 13.4. The summed E-state index contributed by atoms with van der Waals surface area (Å²) in [5, 5.41) is 2.89. The molecule has 1 atom stereocenters. The van der Waals surface area contributed by atoms with Gasteiger partial charge in [0, 0.05) is 12.1 Å². The summed E-state index contributed by atoms with van der Waals surface area (Å²) in [6.45, 7) is 4.88. The zero-order valence-corrected chi connectivity index (χ0v) is 10.6. The van der Waals surface area contributed by atoms with Gasteiger partial charge in [-0.3, -0.25) is 4.79 Å². The van der Waals surface area contributed by atoms with Gasteiger partial charge in [-0.1, -0.05) is 20.3 Å². The SMILES string of the molecule is CCC(C)CNC(=O)c1ccc(N)c(OC)c1. The minimum atomic E-state index is -0.0939. The van der Waals surface area contributed by atoms with E-state index in [0.717, 1.165) is 6.42 Å². The minimum Gasteiger partial charge on any atom is -0.495 e. The van der Waals surface area contributed by atoms with Gasteiger partial charge >= 0.3 is 0 Å². The van der Waals surface area contributed by atoms with Crippen LogP contribution in [-0.2, 0) is 0 Å². The maximum absolute atomic E-state index is 11.8. The minimum absolute atomic E-state index is 0.0939. The second-order valence-electron chi connectivity index (χ2n) is 4.18. The molecule has 0 aliphatic carbocycles. The van der Waals surface area contributed by atoms with E-state index in [1.807, 2.05) is 0 Å². The molecule has 3 N–H and O–H groups in total. The van der Waals surface area contributed by atoms with E-state index >= 15 is 0 Å². The number of nitrogen functional groups attached to an aromatic ring is 1. The Labute approximate surface area is 102 Å². The quantitative estimate of drug-likeness (QED) is 0.769. The van der Waals surface area contributed by atoms with Gasteiger partial charge in [-0.2, -0.15) is 0 Å². The van der Waals surface area contributed by atoms with E-state index in [9.17, 15) is 4.79 Å². The van der Waals surface area contributed by atoms with Gasteiger partial charge in [-0.25, -0.2) is 0 Å². The molecule has 4 heteroatoms. The first-order valence-electron chi connectivity index (χ1n) is 5.80. The molecule has 0 aromatic heterocycles. The molecular formula is C13H20N2O2. The molecule has 0 heterocycles. The van der Waals surface area contributed by atoms with E-state index in [4.69, 9.17) is 10.5 Å². The van der Waals surface area contributed by atoms with Gasteiger partial charge in [0.05, 0.1) is 12.8 Å². The first-order valence-corrected chi connectivity index (χ1v) is 5.80. The number of hydrogen-bond donors (Lipinski definition) is 2. The molecule has 0 saturated heterocycles. The fourth-order valence-electron chi connectivity index (χ4n) is 1.37. The van der Waals surface area contributed by atoms with E-state index < -0.39 is 0 Å². The van der Waals surface area contributed by atoms with Gasteiger partial charge in [-0.05, 0) is 24.1 Å². The smallest absolute Gasteiger partial charge is 0.251 e. The standard InChI is InChI=1S/C13H20N2O2/c1-4-9(2)8-15-13(16)10-5-6-11(14)12(7-10)17-3/h5-7,9H,4,8,14H2,1-3H3,(H,15,16). The molecule has 1 aromatic carbocycles. The fraction of sp³-hybridized carbons (Fsp3) is 0.462. The number of ether oxygens (including phenoxy) is 1. The molecule has 1 rings (SSSR count). The van der Waals surface area contributed by atoms with E-state index in [1.54, 1.807) is 18.2 Å². The van der Waals surface area contributed by atoms with E-state index in [1.165, 1.54) is 7.11 Å². The van der Waals surface area contributed by atoms with Crippen LogP contribution in [0.5, 0.6) is 5.75 Å². The normalized spacial score (nSPS) is 11.9. The summed E-state index contributed by atoms with van der Waals surface area (Å²) in [5.74, 6) is 0.916. The van der Waals surface area contributed by atoms with Crippen LogP contribution < -0.4 is 15.8 Å². The van der Waals surface area contributed by atoms with Crippen LogP contribution in [0.1, 0.15) is 30.6 Å². The van der Waals surface area contributed by atoms with Crippen molar-refractivity contribution in [1.29, 1.82) is 0 Å². The van der Waals surface area contributed by atoms with Gasteiger partial charge < -0.3 is 15.8 Å². The summed E-state index contributed by atoms with van der Waals surface area (Å²) in [6.07, 6.45) is 1.05. The van der Waals surface area contributed by atoms with E-state index in [-0.39, 0.29) is 5.91 Å². The highest BCUT2D eigenvalue weighted by molar-refractivity contribution is 5.95. The van der Waals surface area contributed by atoms with Crippen LogP contribution >= 0.6 is 0 Å². The molecule has 1 amide bonds. The monoisotopic (exact) mass is 236 g/mol. The third-order valence-electron chi connectivity index (χ3n) is 2.80. The number of carbonyl (C=O) groups excluding carboxylic acids is 1. The molecule has 4 nitrogen and oxygen atoms in total. The van der Waals surface area contributed by atoms with Gasteiger partial charge in [-0.15, -0.1) is 0 Å². The van der Waals surface area contributed by atoms with Crippen LogP contribution in [0.2, 0.25) is 0 Å². The van der Waals surface area contributed by atoms with Crippen LogP contribution in [-0.4, -0.2) is 19.6 Å². The molecular weight excluding hydrogens is 216 g/mol. The highest BCUT2D eigenvalue weighted by Gasteiger charge is 2.09. The number of methoxy groups -OCH3 is 1. The number of benzene rings is 1. The van der Waals surface area contributed by atoms with Crippen molar-refractivity contribution in [3.8, 4) is 5.75 Å². The number of rotatable bonds is 5. The molecule has 0 saturated carbocycles. The summed E-state index contributed by atoms with van der Waals surface area (Å²) >= 11 is 0. The maximum Gasteiger partial charge on any atom is 0.251 e. The predicted molar refractivity (Wildman–Crippen MR) is 69.2 cm³/mol. The molecule has 17 heavy (non-hydrogen) atoms. The van der Waals surface area contributed by atoms with Crippen LogP contribution in [0.3, 0.4) is 0 Å². The predicted octanol–water partition coefficient (Wildman–Crippen LogP) is 2.05. The Kier molecular flexibility index (Phi) is 4.82. The van der Waals surface area contributed by atoms with Crippen LogP contribution in [0.15, 0.2) is 18.2 Å². The van der Waals surface area contributed by atoms with Crippen molar-refractivity contribution in [2.24, 2.45) is 5.92 Å². The van der Waals surface area contributed by atoms with E-state index in [2.05, 4.69) is 19.2 Å². The van der Waals surface area contributed by atoms with Crippen molar-refractivity contribution >= 4 is 11.6 Å². The van der Waals surface area contributed by atoms with Crippen LogP contribution in [0, 0.1) is 5.92 Å². The van der Waals surface area contributed by atoms with Crippen molar-refractivity contribution in [3.63, 3.8) is 0 Å². The Morgan fingerprint density at radius 3 is 2.82 bits per heavy atom. The van der Waals surface area contributed by atoms with Gasteiger partial charge in [0.2, 0.25) is 0 Å². The number of nitrogens with one attached hydrogen (secondary N) is 1. The Hall–Kier alpha value is -1.71. The highest BCUT2D eigenvalue weighted by atomic mass is 16.5. The van der Waals surface area contributed by atoms with Gasteiger partial charge in [0.25, 0.3) is 5.91 Å². The van der Waals surface area contributed by atoms with Crippen molar-refractivity contribution in [2.45, 2.75) is 20.3 Å². The lowest BCUT2D eigenvalue weighted by atomic mass is 10.1. The average molecular weight is 236 g/mol. The van der Waals surface area contributed by atoms with Crippen LogP contribution in [0.25, 0.3) is 0 Å². The maximum atomic E-state index is 11.8. The Bertz CT molecular complexity index is 391. The van der Waals surface area contributed by atoms with Crippen molar-refractivity contribution in [3.05, 3.63) is 23.8 Å². The number of nitrogens with two attached hydrogens (primary N) is 1.